The van der Waals surface area contributed by atoms with E-state index in [4.69, 9.17) is 4.74 Å². The zero-order valence-corrected chi connectivity index (χ0v) is 14.6. The van der Waals surface area contributed by atoms with Crippen LogP contribution in [0.3, 0.4) is 0 Å². The molecule has 1 aliphatic heterocycles. The number of phenolic OH excluding ortho intramolecular Hbond substituents is 1. The largest absolute Gasteiger partial charge is 0.508 e. The fourth-order valence-corrected chi connectivity index (χ4v) is 2.85. The number of phenols is 1. The summed E-state index contributed by atoms with van der Waals surface area (Å²) in [6, 6.07) is 5.39. The van der Waals surface area contributed by atoms with E-state index >= 15 is 0 Å². The Balaban J connectivity index is 1.67. The molecule has 8 nitrogen and oxygen atoms in total. The Labute approximate surface area is 146 Å². The van der Waals surface area contributed by atoms with E-state index in [1.54, 1.807) is 31.6 Å². The van der Waals surface area contributed by atoms with Gasteiger partial charge in [-0.05, 0) is 31.5 Å². The van der Waals surface area contributed by atoms with Gasteiger partial charge in [-0.1, -0.05) is 0 Å². The van der Waals surface area contributed by atoms with Crippen LogP contribution >= 0.6 is 0 Å². The standard InChI is InChI=1S/C17H24N6O2/c1-3-18-17(19-9-12-8-14(25-2)5-6-15(12)24)22-13-4-7-16-20-11-21-23(16)10-13/h5-6,8,11,13,24H,3-4,7,9-10H2,1-2H3,(H2,18,19,22). The maximum absolute atomic E-state index is 10.00. The summed E-state index contributed by atoms with van der Waals surface area (Å²) >= 11 is 0. The normalized spacial score (nSPS) is 17.0. The summed E-state index contributed by atoms with van der Waals surface area (Å²) in [4.78, 5) is 8.84. The second-order valence-corrected chi connectivity index (χ2v) is 5.93. The molecule has 0 radical (unpaired) electrons. The van der Waals surface area contributed by atoms with Crippen molar-refractivity contribution >= 4 is 5.96 Å². The van der Waals surface area contributed by atoms with E-state index in [2.05, 4.69) is 25.7 Å². The van der Waals surface area contributed by atoms with Gasteiger partial charge >= 0.3 is 0 Å². The number of rotatable bonds is 5. The van der Waals surface area contributed by atoms with E-state index < -0.39 is 0 Å². The van der Waals surface area contributed by atoms with Gasteiger partial charge in [-0.3, -0.25) is 0 Å². The molecule has 0 fully saturated rings. The second-order valence-electron chi connectivity index (χ2n) is 5.93. The van der Waals surface area contributed by atoms with Gasteiger partial charge in [0.2, 0.25) is 0 Å². The van der Waals surface area contributed by atoms with E-state index in [0.717, 1.165) is 43.3 Å². The number of nitrogens with zero attached hydrogens (tertiary/aromatic N) is 4. The van der Waals surface area contributed by atoms with Crippen molar-refractivity contribution in [3.63, 3.8) is 0 Å². The first-order valence-electron chi connectivity index (χ1n) is 8.47. The molecule has 0 saturated heterocycles. The zero-order valence-electron chi connectivity index (χ0n) is 14.6. The first kappa shape index (κ1) is 17.1. The second kappa shape index (κ2) is 7.87. The summed E-state index contributed by atoms with van der Waals surface area (Å²) in [6.45, 7) is 3.91. The van der Waals surface area contributed by atoms with E-state index in [1.165, 1.54) is 0 Å². The highest BCUT2D eigenvalue weighted by atomic mass is 16.5. The van der Waals surface area contributed by atoms with Gasteiger partial charge in [-0.15, -0.1) is 0 Å². The van der Waals surface area contributed by atoms with Crippen molar-refractivity contribution in [1.82, 2.24) is 25.4 Å². The number of aromatic nitrogens is 3. The summed E-state index contributed by atoms with van der Waals surface area (Å²) in [7, 11) is 1.60. The van der Waals surface area contributed by atoms with Crippen LogP contribution in [0.1, 0.15) is 24.7 Å². The van der Waals surface area contributed by atoms with Crippen LogP contribution < -0.4 is 15.4 Å². The number of hydrogen-bond donors (Lipinski definition) is 3. The molecule has 0 saturated carbocycles. The van der Waals surface area contributed by atoms with Crippen LogP contribution in [-0.4, -0.2) is 45.5 Å². The number of aryl methyl sites for hydroxylation is 1. The first-order chi connectivity index (χ1) is 12.2. The fraction of sp³-hybridized carbons (Fsp3) is 0.471. The SMILES string of the molecule is CCNC(=NCc1cc(OC)ccc1O)NC1CCc2ncnn2C1. The topological polar surface area (TPSA) is 96.6 Å². The van der Waals surface area contributed by atoms with Crippen LogP contribution in [0, 0.1) is 0 Å². The molecule has 1 unspecified atom stereocenters. The molecule has 1 aromatic heterocycles. The Hall–Kier alpha value is -2.77. The minimum absolute atomic E-state index is 0.213. The number of hydrogen-bond acceptors (Lipinski definition) is 5. The molecule has 134 valence electrons. The predicted molar refractivity (Wildman–Crippen MR) is 94.7 cm³/mol. The van der Waals surface area contributed by atoms with Gasteiger partial charge in [0.1, 0.15) is 23.7 Å². The van der Waals surface area contributed by atoms with Crippen molar-refractivity contribution < 1.29 is 9.84 Å². The van der Waals surface area contributed by atoms with Crippen molar-refractivity contribution in [2.24, 2.45) is 4.99 Å². The lowest BCUT2D eigenvalue weighted by molar-refractivity contribution is 0.392. The molecule has 0 spiro atoms. The highest BCUT2D eigenvalue weighted by molar-refractivity contribution is 5.80. The van der Waals surface area contributed by atoms with E-state index in [-0.39, 0.29) is 11.8 Å². The third-order valence-corrected chi connectivity index (χ3v) is 4.18. The van der Waals surface area contributed by atoms with Crippen LogP contribution in [0.25, 0.3) is 0 Å². The highest BCUT2D eigenvalue weighted by Crippen LogP contribution is 2.23. The number of fused-ring (bicyclic) bond motifs is 1. The van der Waals surface area contributed by atoms with E-state index in [0.29, 0.717) is 12.3 Å². The van der Waals surface area contributed by atoms with Crippen LogP contribution in [0.2, 0.25) is 0 Å². The third-order valence-electron chi connectivity index (χ3n) is 4.18. The van der Waals surface area contributed by atoms with Crippen LogP contribution in [0.5, 0.6) is 11.5 Å². The number of aliphatic imine (C=N–C) groups is 1. The summed E-state index contributed by atoms with van der Waals surface area (Å²) in [5, 5.41) is 20.9. The van der Waals surface area contributed by atoms with Crippen LogP contribution in [0.4, 0.5) is 0 Å². The Bertz CT molecular complexity index is 742. The van der Waals surface area contributed by atoms with Gasteiger partial charge in [0.15, 0.2) is 5.96 Å². The van der Waals surface area contributed by atoms with Crippen molar-refractivity contribution in [1.29, 1.82) is 0 Å². The number of nitrogens with one attached hydrogen (secondary N) is 2. The Morgan fingerprint density at radius 1 is 1.48 bits per heavy atom. The van der Waals surface area contributed by atoms with Gasteiger partial charge in [0, 0.05) is 24.6 Å². The number of guanidine groups is 1. The summed E-state index contributed by atoms with van der Waals surface area (Å²) in [5.74, 6) is 2.66. The fourth-order valence-electron chi connectivity index (χ4n) is 2.85. The maximum atomic E-state index is 10.00. The Morgan fingerprint density at radius 3 is 3.16 bits per heavy atom. The lowest BCUT2D eigenvalue weighted by Gasteiger charge is -2.25. The molecule has 1 aliphatic rings. The average molecular weight is 344 g/mol. The number of benzene rings is 1. The lowest BCUT2D eigenvalue weighted by Crippen LogP contribution is -2.47. The molecule has 1 aromatic carbocycles. The molecule has 0 aliphatic carbocycles. The lowest BCUT2D eigenvalue weighted by atomic mass is 10.1. The molecule has 2 aromatic rings. The van der Waals surface area contributed by atoms with Crippen LogP contribution in [0.15, 0.2) is 29.5 Å². The smallest absolute Gasteiger partial charge is 0.191 e. The molecule has 0 amide bonds. The van der Waals surface area contributed by atoms with E-state index in [9.17, 15) is 5.11 Å². The molecule has 2 heterocycles. The predicted octanol–water partition coefficient (Wildman–Crippen LogP) is 1.06. The number of ether oxygens (including phenoxy) is 1. The summed E-state index contributed by atoms with van der Waals surface area (Å²) in [5.41, 5.74) is 0.721. The van der Waals surface area contributed by atoms with Crippen molar-refractivity contribution in [3.05, 3.63) is 35.9 Å². The Morgan fingerprint density at radius 2 is 2.36 bits per heavy atom. The van der Waals surface area contributed by atoms with Gasteiger partial charge in [0.05, 0.1) is 20.2 Å². The monoisotopic (exact) mass is 344 g/mol. The molecule has 3 rings (SSSR count). The molecule has 3 N–H and O–H groups in total. The Kier molecular flexibility index (Phi) is 5.37. The van der Waals surface area contributed by atoms with Crippen molar-refractivity contribution in [2.45, 2.75) is 38.9 Å². The van der Waals surface area contributed by atoms with Crippen molar-refractivity contribution in [3.8, 4) is 11.5 Å². The first-order valence-corrected chi connectivity index (χ1v) is 8.47. The molecule has 0 bridgehead atoms. The number of methoxy groups -OCH3 is 1. The van der Waals surface area contributed by atoms with Gasteiger partial charge < -0.3 is 20.5 Å². The maximum Gasteiger partial charge on any atom is 0.191 e. The quantitative estimate of drug-likeness (QED) is 0.554. The zero-order chi connectivity index (χ0) is 17.6. The van der Waals surface area contributed by atoms with E-state index in [1.807, 2.05) is 11.6 Å². The van der Waals surface area contributed by atoms with Crippen LogP contribution in [-0.2, 0) is 19.5 Å². The number of aromatic hydroxyl groups is 1. The average Bonchev–Trinajstić information content (AvgIpc) is 3.09. The molecule has 1 atom stereocenters. The van der Waals surface area contributed by atoms with Gasteiger partial charge in [-0.2, -0.15) is 5.10 Å². The molecule has 8 heteroatoms. The minimum atomic E-state index is 0.213. The summed E-state index contributed by atoms with van der Waals surface area (Å²) < 4.78 is 7.13. The molecule has 25 heavy (non-hydrogen) atoms. The molecular weight excluding hydrogens is 320 g/mol. The molecular formula is C17H24N6O2. The van der Waals surface area contributed by atoms with Gasteiger partial charge in [-0.25, -0.2) is 14.7 Å². The van der Waals surface area contributed by atoms with Gasteiger partial charge in [0.25, 0.3) is 0 Å². The third kappa shape index (κ3) is 4.20. The van der Waals surface area contributed by atoms with Crippen molar-refractivity contribution in [2.75, 3.05) is 13.7 Å². The summed E-state index contributed by atoms with van der Waals surface area (Å²) in [6.07, 6.45) is 3.48. The highest BCUT2D eigenvalue weighted by Gasteiger charge is 2.20. The minimum Gasteiger partial charge on any atom is -0.508 e.